The van der Waals surface area contributed by atoms with Gasteiger partial charge in [-0.3, -0.25) is 4.79 Å². The van der Waals surface area contributed by atoms with Gasteiger partial charge in [0.05, 0.1) is 18.2 Å². The third kappa shape index (κ3) is 5.40. The summed E-state index contributed by atoms with van der Waals surface area (Å²) in [5.41, 5.74) is 5.63. The molecule has 5 nitrogen and oxygen atoms in total. The minimum atomic E-state index is -0.440. The Balaban J connectivity index is 0.00000220. The lowest BCUT2D eigenvalue weighted by atomic mass is 9.97. The van der Waals surface area contributed by atoms with Crippen LogP contribution >= 0.6 is 12.4 Å². The minimum absolute atomic E-state index is 0. The Kier molecular flexibility index (Phi) is 7.95. The number of hydrogen-bond donors (Lipinski definition) is 2. The topological polar surface area (TPSA) is 73.6 Å². The van der Waals surface area contributed by atoms with Gasteiger partial charge < -0.3 is 20.5 Å². The highest BCUT2D eigenvalue weighted by molar-refractivity contribution is 5.85. The van der Waals surface area contributed by atoms with Crippen LogP contribution in [0.15, 0.2) is 0 Å². The zero-order valence-corrected chi connectivity index (χ0v) is 13.8. The molecule has 0 bridgehead atoms. The van der Waals surface area contributed by atoms with Crippen molar-refractivity contribution in [3.8, 4) is 0 Å². The van der Waals surface area contributed by atoms with Crippen molar-refractivity contribution >= 4 is 18.3 Å². The highest BCUT2D eigenvalue weighted by atomic mass is 35.5. The second-order valence-electron chi connectivity index (χ2n) is 6.14. The summed E-state index contributed by atoms with van der Waals surface area (Å²) in [6, 6.07) is 0. The van der Waals surface area contributed by atoms with E-state index >= 15 is 0 Å². The molecule has 1 aliphatic heterocycles. The lowest BCUT2D eigenvalue weighted by Crippen LogP contribution is -2.54. The monoisotopic (exact) mass is 320 g/mol. The number of amides is 1. The van der Waals surface area contributed by atoms with Crippen LogP contribution in [0.4, 0.5) is 0 Å². The van der Waals surface area contributed by atoms with E-state index in [-0.39, 0.29) is 30.0 Å². The summed E-state index contributed by atoms with van der Waals surface area (Å²) in [7, 11) is 0. The number of ether oxygens (including phenoxy) is 2. The van der Waals surface area contributed by atoms with Gasteiger partial charge in [-0.05, 0) is 39.0 Å². The molecule has 0 radical (unpaired) electrons. The van der Waals surface area contributed by atoms with E-state index in [1.165, 1.54) is 6.42 Å². The van der Waals surface area contributed by atoms with Gasteiger partial charge in [-0.25, -0.2) is 0 Å². The van der Waals surface area contributed by atoms with Crippen LogP contribution in [0.1, 0.15) is 51.9 Å². The molecule has 1 aliphatic carbocycles. The molecule has 2 unspecified atom stereocenters. The molecule has 0 spiro atoms. The quantitative estimate of drug-likeness (QED) is 0.782. The van der Waals surface area contributed by atoms with Crippen molar-refractivity contribution in [1.82, 2.24) is 5.32 Å². The van der Waals surface area contributed by atoms with Gasteiger partial charge in [0, 0.05) is 13.2 Å². The molecule has 3 N–H and O–H groups in total. The summed E-state index contributed by atoms with van der Waals surface area (Å²) >= 11 is 0. The molecule has 124 valence electrons. The molecule has 1 saturated carbocycles. The number of carbonyl (C=O) groups excluding carboxylic acids is 1. The number of nitrogens with one attached hydrogen (secondary N) is 1. The van der Waals surface area contributed by atoms with Gasteiger partial charge in [-0.2, -0.15) is 0 Å². The normalized spacial score (nSPS) is 25.9. The average Bonchev–Trinajstić information content (AvgIpc) is 2.95. The van der Waals surface area contributed by atoms with E-state index in [2.05, 4.69) is 5.32 Å². The summed E-state index contributed by atoms with van der Waals surface area (Å²) in [6.07, 6.45) is 7.29. The first-order valence-electron chi connectivity index (χ1n) is 7.90. The number of nitrogens with two attached hydrogens (primary N) is 1. The second-order valence-corrected chi connectivity index (χ2v) is 6.14. The van der Waals surface area contributed by atoms with Crippen molar-refractivity contribution in [1.29, 1.82) is 0 Å². The van der Waals surface area contributed by atoms with E-state index in [1.54, 1.807) is 6.92 Å². The van der Waals surface area contributed by atoms with Crippen molar-refractivity contribution in [2.75, 3.05) is 19.8 Å². The van der Waals surface area contributed by atoms with Crippen molar-refractivity contribution in [2.24, 2.45) is 5.73 Å². The summed E-state index contributed by atoms with van der Waals surface area (Å²) < 4.78 is 11.3. The van der Waals surface area contributed by atoms with Crippen LogP contribution in [0.5, 0.6) is 0 Å². The maximum atomic E-state index is 12.2. The molecule has 0 aromatic rings. The van der Waals surface area contributed by atoms with Gasteiger partial charge in [-0.1, -0.05) is 12.8 Å². The number of hydrogen-bond acceptors (Lipinski definition) is 4. The summed E-state index contributed by atoms with van der Waals surface area (Å²) in [5.74, 6) is -0.0480. The molecule has 21 heavy (non-hydrogen) atoms. The fourth-order valence-corrected chi connectivity index (χ4v) is 3.06. The van der Waals surface area contributed by atoms with Gasteiger partial charge in [0.1, 0.15) is 6.10 Å². The molecule has 6 heteroatoms. The number of rotatable bonds is 6. The van der Waals surface area contributed by atoms with Crippen LogP contribution in [0, 0.1) is 0 Å². The summed E-state index contributed by atoms with van der Waals surface area (Å²) in [4.78, 5) is 12.2. The summed E-state index contributed by atoms with van der Waals surface area (Å²) in [5, 5.41) is 3.10. The Hall–Kier alpha value is -0.360. The van der Waals surface area contributed by atoms with Crippen LogP contribution in [-0.4, -0.2) is 43.4 Å². The Morgan fingerprint density at radius 1 is 1.38 bits per heavy atom. The maximum Gasteiger partial charge on any atom is 0.249 e. The highest BCUT2D eigenvalue weighted by Crippen LogP contribution is 2.28. The van der Waals surface area contributed by atoms with Crippen LogP contribution in [0.2, 0.25) is 0 Å². The van der Waals surface area contributed by atoms with Crippen molar-refractivity contribution in [2.45, 2.75) is 69.6 Å². The fraction of sp³-hybridized carbons (Fsp3) is 0.933. The lowest BCUT2D eigenvalue weighted by Gasteiger charge is -2.30. The van der Waals surface area contributed by atoms with Gasteiger partial charge in [-0.15, -0.1) is 12.4 Å². The minimum Gasteiger partial charge on any atom is -0.376 e. The Morgan fingerprint density at radius 2 is 2.10 bits per heavy atom. The average molecular weight is 321 g/mol. The molecule has 1 saturated heterocycles. The summed E-state index contributed by atoms with van der Waals surface area (Å²) in [6.45, 7) is 3.63. The third-order valence-electron chi connectivity index (χ3n) is 4.52. The Bertz CT molecular complexity index is 316. The largest absolute Gasteiger partial charge is 0.376 e. The zero-order valence-electron chi connectivity index (χ0n) is 12.9. The van der Waals surface area contributed by atoms with Gasteiger partial charge in [0.25, 0.3) is 0 Å². The zero-order chi connectivity index (χ0) is 14.4. The molecule has 0 aromatic heterocycles. The Labute approximate surface area is 133 Å². The highest BCUT2D eigenvalue weighted by Gasteiger charge is 2.35. The molecule has 2 atom stereocenters. The van der Waals surface area contributed by atoms with E-state index in [9.17, 15) is 4.79 Å². The molecule has 1 amide bonds. The molecule has 2 aliphatic rings. The molecule has 0 aromatic carbocycles. The first kappa shape index (κ1) is 18.7. The molecule has 2 rings (SSSR count). The standard InChI is InChI=1S/C15H28N2O3.ClH/c1-12(20-10-13-6-2-5-9-19-13)14(18)17-15(11-16)7-3-4-8-15;/h12-13H,2-11,16H2,1H3,(H,17,18);1H. The van der Waals surface area contributed by atoms with Gasteiger partial charge in [0.2, 0.25) is 5.91 Å². The fourth-order valence-electron chi connectivity index (χ4n) is 3.06. The molecule has 2 fully saturated rings. The van der Waals surface area contributed by atoms with E-state index in [0.29, 0.717) is 13.2 Å². The smallest absolute Gasteiger partial charge is 0.249 e. The van der Waals surface area contributed by atoms with Gasteiger partial charge >= 0.3 is 0 Å². The van der Waals surface area contributed by atoms with Crippen molar-refractivity contribution < 1.29 is 14.3 Å². The molecule has 1 heterocycles. The van der Waals surface area contributed by atoms with Crippen molar-refractivity contribution in [3.05, 3.63) is 0 Å². The van der Waals surface area contributed by atoms with Crippen LogP contribution in [0.25, 0.3) is 0 Å². The SMILES string of the molecule is CC(OCC1CCCCO1)C(=O)NC1(CN)CCCC1.Cl. The predicted molar refractivity (Wildman–Crippen MR) is 84.6 cm³/mol. The molecular formula is C15H29ClN2O3. The number of carbonyl (C=O) groups is 1. The molecular weight excluding hydrogens is 292 g/mol. The van der Waals surface area contributed by atoms with Crippen LogP contribution in [0.3, 0.4) is 0 Å². The first-order valence-corrected chi connectivity index (χ1v) is 7.90. The van der Waals surface area contributed by atoms with E-state index in [4.69, 9.17) is 15.2 Å². The van der Waals surface area contributed by atoms with E-state index in [0.717, 1.165) is 45.1 Å². The van der Waals surface area contributed by atoms with Crippen LogP contribution < -0.4 is 11.1 Å². The van der Waals surface area contributed by atoms with Gasteiger partial charge in [0.15, 0.2) is 0 Å². The predicted octanol–water partition coefficient (Wildman–Crippen LogP) is 1.77. The lowest BCUT2D eigenvalue weighted by molar-refractivity contribution is -0.137. The second kappa shape index (κ2) is 8.93. The van der Waals surface area contributed by atoms with Crippen molar-refractivity contribution in [3.63, 3.8) is 0 Å². The van der Waals surface area contributed by atoms with E-state index in [1.807, 2.05) is 0 Å². The van der Waals surface area contributed by atoms with E-state index < -0.39 is 6.10 Å². The number of halogens is 1. The third-order valence-corrected chi connectivity index (χ3v) is 4.52. The Morgan fingerprint density at radius 3 is 2.67 bits per heavy atom. The van der Waals surface area contributed by atoms with Crippen LogP contribution in [-0.2, 0) is 14.3 Å². The first-order chi connectivity index (χ1) is 9.65. The maximum absolute atomic E-state index is 12.2.